The molecule has 3 aromatic rings. The van der Waals surface area contributed by atoms with Gasteiger partial charge in [-0.15, -0.1) is 0 Å². The van der Waals surface area contributed by atoms with Crippen LogP contribution in [0, 0.1) is 0 Å². The summed E-state index contributed by atoms with van der Waals surface area (Å²) in [5.74, 6) is -1.05. The molecule has 34 heavy (non-hydrogen) atoms. The van der Waals surface area contributed by atoms with Crippen molar-refractivity contribution >= 4 is 50.7 Å². The maximum atomic E-state index is 13.2. The monoisotopic (exact) mass is 543 g/mol. The molecule has 0 aromatic heterocycles. The highest BCUT2D eigenvalue weighted by Gasteiger charge is 2.47. The van der Waals surface area contributed by atoms with Gasteiger partial charge in [0.15, 0.2) is 0 Å². The van der Waals surface area contributed by atoms with Gasteiger partial charge >= 0.3 is 0 Å². The average molecular weight is 545 g/mol. The van der Waals surface area contributed by atoms with E-state index in [1.54, 1.807) is 48.5 Å². The van der Waals surface area contributed by atoms with Gasteiger partial charge in [-0.05, 0) is 76.1 Å². The minimum Gasteiger partial charge on any atom is -0.507 e. The SMILES string of the molecule is COc1ccc(N2C(=O)C(=O)/C(=C(\O)c3ccc(OC)c(Br)c3)C2c2ccc(O)c(Cl)c2)cc1. The van der Waals surface area contributed by atoms with Crippen molar-refractivity contribution in [3.8, 4) is 17.2 Å². The second-order valence-corrected chi connectivity index (χ2v) is 8.69. The van der Waals surface area contributed by atoms with E-state index in [-0.39, 0.29) is 22.1 Å². The lowest BCUT2D eigenvalue weighted by molar-refractivity contribution is -0.132. The maximum absolute atomic E-state index is 13.2. The molecule has 0 aliphatic carbocycles. The van der Waals surface area contributed by atoms with Crippen LogP contribution in [0.1, 0.15) is 17.2 Å². The number of benzene rings is 3. The molecule has 1 unspecified atom stereocenters. The summed E-state index contributed by atoms with van der Waals surface area (Å²) in [5, 5.41) is 21.2. The number of phenols is 1. The first-order valence-electron chi connectivity index (χ1n) is 10.0. The summed E-state index contributed by atoms with van der Waals surface area (Å²) < 4.78 is 11.0. The van der Waals surface area contributed by atoms with Crippen molar-refractivity contribution in [1.29, 1.82) is 0 Å². The molecular formula is C25H19BrClNO6. The van der Waals surface area contributed by atoms with Gasteiger partial charge in [0.05, 0.1) is 35.3 Å². The number of carbonyl (C=O) groups excluding carboxylic acids is 2. The molecule has 4 rings (SSSR count). The summed E-state index contributed by atoms with van der Waals surface area (Å²) in [6, 6.07) is 14.8. The highest BCUT2D eigenvalue weighted by Crippen LogP contribution is 2.44. The average Bonchev–Trinajstić information content (AvgIpc) is 3.10. The number of anilines is 1. The summed E-state index contributed by atoms with van der Waals surface area (Å²) >= 11 is 9.52. The van der Waals surface area contributed by atoms with Crippen LogP contribution in [0.3, 0.4) is 0 Å². The fraction of sp³-hybridized carbons (Fsp3) is 0.120. The van der Waals surface area contributed by atoms with E-state index in [0.717, 1.165) is 0 Å². The molecule has 3 aromatic carbocycles. The summed E-state index contributed by atoms with van der Waals surface area (Å²) in [6.45, 7) is 0. The normalized spacial score (nSPS) is 17.2. The van der Waals surface area contributed by atoms with Crippen molar-refractivity contribution in [3.05, 3.63) is 86.9 Å². The number of ether oxygens (including phenoxy) is 2. The van der Waals surface area contributed by atoms with Crippen LogP contribution in [0.5, 0.6) is 17.2 Å². The lowest BCUT2D eigenvalue weighted by Gasteiger charge is -2.26. The molecule has 0 spiro atoms. The number of rotatable bonds is 5. The van der Waals surface area contributed by atoms with Crippen LogP contribution in [0.2, 0.25) is 5.02 Å². The fourth-order valence-corrected chi connectivity index (χ4v) is 4.55. The van der Waals surface area contributed by atoms with E-state index in [1.807, 2.05) is 0 Å². The second kappa shape index (κ2) is 9.40. The second-order valence-electron chi connectivity index (χ2n) is 7.43. The highest BCUT2D eigenvalue weighted by atomic mass is 79.9. The van der Waals surface area contributed by atoms with E-state index in [2.05, 4.69) is 15.9 Å². The van der Waals surface area contributed by atoms with E-state index in [1.165, 1.54) is 31.3 Å². The van der Waals surface area contributed by atoms with Gasteiger partial charge in [-0.3, -0.25) is 14.5 Å². The third kappa shape index (κ3) is 4.10. The Labute approximate surface area is 208 Å². The molecule has 1 aliphatic heterocycles. The number of ketones is 1. The van der Waals surface area contributed by atoms with Crippen molar-refractivity contribution in [2.75, 3.05) is 19.1 Å². The Morgan fingerprint density at radius 2 is 1.71 bits per heavy atom. The minimum absolute atomic E-state index is 0.0463. The molecule has 0 radical (unpaired) electrons. The molecule has 9 heteroatoms. The molecule has 0 saturated carbocycles. The van der Waals surface area contributed by atoms with E-state index in [9.17, 15) is 19.8 Å². The number of Topliss-reactive ketones (excluding diaryl/α,β-unsaturated/α-hetero) is 1. The summed E-state index contributed by atoms with van der Waals surface area (Å²) in [5.41, 5.74) is 1.06. The molecule has 1 aliphatic rings. The fourth-order valence-electron chi connectivity index (χ4n) is 3.82. The molecule has 1 fully saturated rings. The van der Waals surface area contributed by atoms with Gasteiger partial charge in [-0.1, -0.05) is 17.7 Å². The first-order valence-corrected chi connectivity index (χ1v) is 11.2. The minimum atomic E-state index is -0.993. The van der Waals surface area contributed by atoms with Crippen molar-refractivity contribution in [3.63, 3.8) is 0 Å². The number of aliphatic hydroxyl groups is 1. The van der Waals surface area contributed by atoms with Crippen molar-refractivity contribution < 1.29 is 29.3 Å². The summed E-state index contributed by atoms with van der Waals surface area (Å²) in [7, 11) is 3.03. The van der Waals surface area contributed by atoms with Crippen LogP contribution in [-0.2, 0) is 9.59 Å². The van der Waals surface area contributed by atoms with Crippen LogP contribution in [0.15, 0.2) is 70.7 Å². The van der Waals surface area contributed by atoms with Crippen LogP contribution >= 0.6 is 27.5 Å². The summed E-state index contributed by atoms with van der Waals surface area (Å²) in [6.07, 6.45) is 0. The van der Waals surface area contributed by atoms with E-state index >= 15 is 0 Å². The third-order valence-corrected chi connectivity index (χ3v) is 6.43. The smallest absolute Gasteiger partial charge is 0.300 e. The van der Waals surface area contributed by atoms with Gasteiger partial charge in [-0.25, -0.2) is 0 Å². The standard InChI is InChI=1S/C25H19BrClNO6/c1-33-16-7-5-15(6-8-16)28-22(13-3-9-19(29)18(27)12-13)21(24(31)25(28)32)23(30)14-4-10-20(34-2)17(26)11-14/h3-12,22,29-30H,1-2H3/b23-21-. The Balaban J connectivity index is 1.94. The zero-order valence-corrected chi connectivity index (χ0v) is 20.4. The summed E-state index contributed by atoms with van der Waals surface area (Å²) in [4.78, 5) is 27.7. The predicted molar refractivity (Wildman–Crippen MR) is 132 cm³/mol. The highest BCUT2D eigenvalue weighted by molar-refractivity contribution is 9.10. The zero-order chi connectivity index (χ0) is 24.6. The number of aromatic hydroxyl groups is 1. The van der Waals surface area contributed by atoms with Gasteiger partial charge in [0, 0.05) is 11.3 Å². The number of hydrogen-bond donors (Lipinski definition) is 2. The van der Waals surface area contributed by atoms with Crippen molar-refractivity contribution in [2.45, 2.75) is 6.04 Å². The number of amides is 1. The molecule has 1 saturated heterocycles. The number of methoxy groups -OCH3 is 2. The number of halogens is 2. The molecule has 174 valence electrons. The van der Waals surface area contributed by atoms with Crippen LogP contribution in [0.4, 0.5) is 5.69 Å². The predicted octanol–water partition coefficient (Wildman–Crippen LogP) is 5.45. The Morgan fingerprint density at radius 1 is 1.00 bits per heavy atom. The van der Waals surface area contributed by atoms with E-state index in [0.29, 0.717) is 32.8 Å². The molecule has 7 nitrogen and oxygen atoms in total. The van der Waals surface area contributed by atoms with Gasteiger partial charge in [0.2, 0.25) is 0 Å². The number of hydrogen-bond acceptors (Lipinski definition) is 6. The molecule has 2 N–H and O–H groups in total. The molecule has 1 heterocycles. The zero-order valence-electron chi connectivity index (χ0n) is 18.1. The lowest BCUT2D eigenvalue weighted by Crippen LogP contribution is -2.29. The first kappa shape index (κ1) is 23.7. The number of aliphatic hydroxyl groups excluding tert-OH is 1. The number of carbonyl (C=O) groups is 2. The van der Waals surface area contributed by atoms with Crippen LogP contribution in [0.25, 0.3) is 5.76 Å². The lowest BCUT2D eigenvalue weighted by atomic mass is 9.95. The van der Waals surface area contributed by atoms with E-state index < -0.39 is 17.7 Å². The molecule has 0 bridgehead atoms. The van der Waals surface area contributed by atoms with Crippen molar-refractivity contribution in [1.82, 2.24) is 0 Å². The van der Waals surface area contributed by atoms with E-state index in [4.69, 9.17) is 21.1 Å². The van der Waals surface area contributed by atoms with Gasteiger partial charge in [-0.2, -0.15) is 0 Å². The Kier molecular flexibility index (Phi) is 6.54. The Hall–Kier alpha value is -3.49. The Bertz CT molecular complexity index is 1320. The third-order valence-electron chi connectivity index (χ3n) is 5.51. The molecule has 1 amide bonds. The molecule has 1 atom stereocenters. The number of phenolic OH excluding ortho intramolecular Hbond substituents is 1. The number of nitrogens with zero attached hydrogens (tertiary/aromatic N) is 1. The largest absolute Gasteiger partial charge is 0.507 e. The van der Waals surface area contributed by atoms with Gasteiger partial charge < -0.3 is 19.7 Å². The Morgan fingerprint density at radius 3 is 2.29 bits per heavy atom. The maximum Gasteiger partial charge on any atom is 0.300 e. The van der Waals surface area contributed by atoms with Gasteiger partial charge in [0.25, 0.3) is 11.7 Å². The van der Waals surface area contributed by atoms with Crippen molar-refractivity contribution in [2.24, 2.45) is 0 Å². The topological polar surface area (TPSA) is 96.3 Å². The molecular weight excluding hydrogens is 526 g/mol. The van der Waals surface area contributed by atoms with Crippen LogP contribution in [-0.4, -0.2) is 36.1 Å². The quantitative estimate of drug-likeness (QED) is 0.252. The van der Waals surface area contributed by atoms with Gasteiger partial charge in [0.1, 0.15) is 23.0 Å². The first-order chi connectivity index (χ1) is 16.3. The van der Waals surface area contributed by atoms with Crippen LogP contribution < -0.4 is 14.4 Å².